The van der Waals surface area contributed by atoms with Gasteiger partial charge in [0.05, 0.1) is 0 Å². The van der Waals surface area contributed by atoms with E-state index in [1.165, 1.54) is 0 Å². The van der Waals surface area contributed by atoms with Gasteiger partial charge < -0.3 is 4.74 Å². The second-order valence-electron chi connectivity index (χ2n) is 2.47. The molecule has 1 aromatic carbocycles. The van der Waals surface area contributed by atoms with Gasteiger partial charge in [0.15, 0.2) is 5.75 Å². The Kier molecular flexibility index (Phi) is 2.91. The standard InChI is InChI=1S/C7H5F3O4S/c8-7(9,10)14-5-3-1-2-4-6(5)15(11,12)13/h1-4H,(H,11,12,13). The Morgan fingerprint density at radius 2 is 1.73 bits per heavy atom. The first-order valence-electron chi connectivity index (χ1n) is 3.52. The van der Waals surface area contributed by atoms with E-state index < -0.39 is 27.1 Å². The first kappa shape index (κ1) is 11.8. The van der Waals surface area contributed by atoms with Crippen molar-refractivity contribution < 1.29 is 30.9 Å². The number of benzene rings is 1. The average Bonchev–Trinajstić information content (AvgIpc) is 1.99. The van der Waals surface area contributed by atoms with Crippen molar-refractivity contribution in [3.8, 4) is 5.75 Å². The van der Waals surface area contributed by atoms with Crippen LogP contribution in [0, 0.1) is 0 Å². The molecule has 1 aromatic rings. The number of para-hydroxylation sites is 1. The molecule has 0 heterocycles. The summed E-state index contributed by atoms with van der Waals surface area (Å²) in [6.07, 6.45) is -5.01. The van der Waals surface area contributed by atoms with Crippen LogP contribution >= 0.6 is 0 Å². The zero-order chi connectivity index (χ0) is 11.7. The monoisotopic (exact) mass is 242 g/mol. The van der Waals surface area contributed by atoms with Crippen LogP contribution in [-0.4, -0.2) is 19.3 Å². The predicted molar refractivity (Wildman–Crippen MR) is 42.9 cm³/mol. The molecule has 0 radical (unpaired) electrons. The number of rotatable bonds is 2. The van der Waals surface area contributed by atoms with Gasteiger partial charge in [0.2, 0.25) is 0 Å². The maximum atomic E-state index is 11.8. The van der Waals surface area contributed by atoms with Crippen LogP contribution in [0.3, 0.4) is 0 Å². The van der Waals surface area contributed by atoms with Gasteiger partial charge in [0, 0.05) is 0 Å². The molecule has 0 spiro atoms. The highest BCUT2D eigenvalue weighted by molar-refractivity contribution is 7.86. The third-order valence-electron chi connectivity index (χ3n) is 1.35. The number of alkyl halides is 3. The highest BCUT2D eigenvalue weighted by atomic mass is 32.2. The molecule has 0 saturated heterocycles. The SMILES string of the molecule is O=S(=O)(O)c1ccccc1OC(F)(F)F. The lowest BCUT2D eigenvalue weighted by Gasteiger charge is -2.10. The van der Waals surface area contributed by atoms with Crippen molar-refractivity contribution in [3.63, 3.8) is 0 Å². The van der Waals surface area contributed by atoms with Crippen LogP contribution in [0.4, 0.5) is 13.2 Å². The van der Waals surface area contributed by atoms with E-state index in [0.29, 0.717) is 0 Å². The fourth-order valence-electron chi connectivity index (χ4n) is 0.872. The molecule has 0 fully saturated rings. The van der Waals surface area contributed by atoms with E-state index in [-0.39, 0.29) is 0 Å². The molecule has 0 bridgehead atoms. The van der Waals surface area contributed by atoms with Crippen LogP contribution in [0.5, 0.6) is 5.75 Å². The molecule has 84 valence electrons. The van der Waals surface area contributed by atoms with Gasteiger partial charge in [-0.25, -0.2) is 0 Å². The van der Waals surface area contributed by atoms with Crippen LogP contribution in [0.15, 0.2) is 29.2 Å². The molecular formula is C7H5F3O4S. The van der Waals surface area contributed by atoms with Gasteiger partial charge in [-0.3, -0.25) is 4.55 Å². The van der Waals surface area contributed by atoms with Crippen molar-refractivity contribution >= 4 is 10.1 Å². The second-order valence-corrected chi connectivity index (χ2v) is 3.86. The Balaban J connectivity index is 3.20. The zero-order valence-corrected chi connectivity index (χ0v) is 7.84. The molecule has 15 heavy (non-hydrogen) atoms. The van der Waals surface area contributed by atoms with Gasteiger partial charge in [0.25, 0.3) is 10.1 Å². The Morgan fingerprint density at radius 1 is 1.20 bits per heavy atom. The van der Waals surface area contributed by atoms with E-state index >= 15 is 0 Å². The lowest BCUT2D eigenvalue weighted by molar-refractivity contribution is -0.275. The largest absolute Gasteiger partial charge is 0.573 e. The normalized spacial score (nSPS) is 12.5. The van der Waals surface area contributed by atoms with Gasteiger partial charge in [-0.05, 0) is 12.1 Å². The molecule has 0 aliphatic heterocycles. The summed E-state index contributed by atoms with van der Waals surface area (Å²) in [4.78, 5) is -0.928. The summed E-state index contributed by atoms with van der Waals surface area (Å²) < 4.78 is 68.7. The third-order valence-corrected chi connectivity index (χ3v) is 2.25. The summed E-state index contributed by atoms with van der Waals surface area (Å²) in [7, 11) is -4.73. The number of halogens is 3. The van der Waals surface area contributed by atoms with Gasteiger partial charge >= 0.3 is 6.36 Å². The van der Waals surface area contributed by atoms with Crippen LogP contribution in [0.1, 0.15) is 0 Å². The van der Waals surface area contributed by atoms with E-state index in [0.717, 1.165) is 24.3 Å². The van der Waals surface area contributed by atoms with Gasteiger partial charge in [0.1, 0.15) is 4.90 Å². The van der Waals surface area contributed by atoms with Gasteiger partial charge in [-0.1, -0.05) is 12.1 Å². The second kappa shape index (κ2) is 3.70. The summed E-state index contributed by atoms with van der Waals surface area (Å²) in [5.74, 6) is -0.965. The molecule has 0 aliphatic rings. The molecule has 8 heteroatoms. The maximum Gasteiger partial charge on any atom is 0.573 e. The van der Waals surface area contributed by atoms with E-state index in [9.17, 15) is 21.6 Å². The lowest BCUT2D eigenvalue weighted by atomic mass is 10.3. The fraction of sp³-hybridized carbons (Fsp3) is 0.143. The molecule has 0 unspecified atom stereocenters. The van der Waals surface area contributed by atoms with Crippen molar-refractivity contribution in [1.29, 1.82) is 0 Å². The summed E-state index contributed by atoms with van der Waals surface area (Å²) in [6, 6.07) is 3.90. The molecule has 0 atom stereocenters. The summed E-state index contributed by atoms with van der Waals surface area (Å²) >= 11 is 0. The Labute approximate surface area is 83.0 Å². The maximum absolute atomic E-state index is 11.8. The fourth-order valence-corrected chi connectivity index (χ4v) is 1.49. The smallest absolute Gasteiger partial charge is 0.404 e. The molecule has 0 aromatic heterocycles. The molecule has 0 amide bonds. The molecule has 1 rings (SSSR count). The lowest BCUT2D eigenvalue weighted by Crippen LogP contribution is -2.18. The van der Waals surface area contributed by atoms with Crippen LogP contribution < -0.4 is 4.74 Å². The Hall–Kier alpha value is -1.28. The first-order valence-corrected chi connectivity index (χ1v) is 4.96. The summed E-state index contributed by atoms with van der Waals surface area (Å²) in [5.41, 5.74) is 0. The molecule has 0 saturated carbocycles. The highest BCUT2D eigenvalue weighted by Gasteiger charge is 2.33. The topological polar surface area (TPSA) is 63.6 Å². The molecule has 0 aliphatic carbocycles. The van der Waals surface area contributed by atoms with E-state index in [1.54, 1.807) is 0 Å². The highest BCUT2D eigenvalue weighted by Crippen LogP contribution is 2.28. The average molecular weight is 242 g/mol. The molecule has 1 N–H and O–H groups in total. The number of hydrogen-bond acceptors (Lipinski definition) is 3. The summed E-state index contributed by atoms with van der Waals surface area (Å²) in [5, 5.41) is 0. The van der Waals surface area contributed by atoms with Crippen molar-refractivity contribution in [1.82, 2.24) is 0 Å². The minimum atomic E-state index is -5.01. The Morgan fingerprint density at radius 3 is 2.20 bits per heavy atom. The van der Waals surface area contributed by atoms with Crippen LogP contribution in [0.2, 0.25) is 0 Å². The van der Waals surface area contributed by atoms with Gasteiger partial charge in [-0.15, -0.1) is 13.2 Å². The summed E-state index contributed by atoms with van der Waals surface area (Å²) in [6.45, 7) is 0. The van der Waals surface area contributed by atoms with Crippen molar-refractivity contribution in [2.45, 2.75) is 11.3 Å². The quantitative estimate of drug-likeness (QED) is 0.803. The van der Waals surface area contributed by atoms with Crippen molar-refractivity contribution in [2.24, 2.45) is 0 Å². The van der Waals surface area contributed by atoms with E-state index in [4.69, 9.17) is 4.55 Å². The van der Waals surface area contributed by atoms with Crippen LogP contribution in [0.25, 0.3) is 0 Å². The predicted octanol–water partition coefficient (Wildman–Crippen LogP) is 1.83. The van der Waals surface area contributed by atoms with E-state index in [2.05, 4.69) is 4.74 Å². The molecular weight excluding hydrogens is 237 g/mol. The van der Waals surface area contributed by atoms with E-state index in [1.807, 2.05) is 0 Å². The number of hydrogen-bond donors (Lipinski definition) is 1. The first-order chi connectivity index (χ1) is 6.70. The Bertz CT molecular complexity index is 452. The minimum absolute atomic E-state index is 0.788. The molecule has 4 nitrogen and oxygen atoms in total. The minimum Gasteiger partial charge on any atom is -0.404 e. The van der Waals surface area contributed by atoms with Crippen LogP contribution in [-0.2, 0) is 10.1 Å². The number of ether oxygens (including phenoxy) is 1. The van der Waals surface area contributed by atoms with Gasteiger partial charge in [-0.2, -0.15) is 8.42 Å². The zero-order valence-electron chi connectivity index (χ0n) is 7.02. The van der Waals surface area contributed by atoms with Crippen molar-refractivity contribution in [3.05, 3.63) is 24.3 Å². The van der Waals surface area contributed by atoms with Crippen molar-refractivity contribution in [2.75, 3.05) is 0 Å². The third kappa shape index (κ3) is 3.40.